The molecule has 1 aliphatic heterocycles. The maximum Gasteiger partial charge on any atom is 0.249 e. The number of hydrogen-bond acceptors (Lipinski definition) is 4. The molecule has 2 heterocycles. The van der Waals surface area contributed by atoms with E-state index in [1.165, 1.54) is 0 Å². The third-order valence-electron chi connectivity index (χ3n) is 6.15. The molecule has 34 heavy (non-hydrogen) atoms. The summed E-state index contributed by atoms with van der Waals surface area (Å²) in [5, 5.41) is 2.99. The van der Waals surface area contributed by atoms with Crippen LogP contribution in [0.2, 0.25) is 0 Å². The first-order chi connectivity index (χ1) is 16.3. The summed E-state index contributed by atoms with van der Waals surface area (Å²) in [5.41, 5.74) is 1.96. The number of nitrogens with one attached hydrogen (secondary N) is 1. The van der Waals surface area contributed by atoms with Gasteiger partial charge in [0.1, 0.15) is 18.5 Å². The molecule has 1 fully saturated rings. The molecule has 2 aromatic rings. The number of imidazole rings is 1. The Morgan fingerprint density at radius 1 is 1.12 bits per heavy atom. The molecular formula is C27H42N4O3. The first kappa shape index (κ1) is 26.2. The number of carbonyl (C=O) groups excluding carboxylic acids is 2. The van der Waals surface area contributed by atoms with Gasteiger partial charge < -0.3 is 19.5 Å². The topological polar surface area (TPSA) is 76.5 Å². The van der Waals surface area contributed by atoms with Gasteiger partial charge in [0, 0.05) is 32.7 Å². The van der Waals surface area contributed by atoms with Gasteiger partial charge in [-0.15, -0.1) is 0 Å². The molecule has 0 bridgehead atoms. The molecule has 7 nitrogen and oxygen atoms in total. The molecular weight excluding hydrogens is 428 g/mol. The number of aryl methyl sites for hydroxylation is 1. The van der Waals surface area contributed by atoms with Crippen molar-refractivity contribution in [1.82, 2.24) is 19.8 Å². The van der Waals surface area contributed by atoms with E-state index in [4.69, 9.17) is 9.72 Å². The van der Waals surface area contributed by atoms with Gasteiger partial charge in [-0.05, 0) is 49.7 Å². The molecule has 0 radical (unpaired) electrons. The van der Waals surface area contributed by atoms with Crippen LogP contribution in [-0.2, 0) is 27.3 Å². The van der Waals surface area contributed by atoms with Crippen molar-refractivity contribution in [3.05, 3.63) is 30.1 Å². The standard InChI is InChI=1S/C27H42N4O3/c1-20(2)17-30(18-21(3)4)26(32)19-31-23-12-8-7-11-22(23)29-25(31)14-6-5-9-15-28-27(33)24-13-10-16-34-24/h7-8,11-12,20-21,24H,5-6,9-10,13-19H2,1-4H3,(H,28,33). The van der Waals surface area contributed by atoms with E-state index in [0.717, 1.165) is 68.5 Å². The zero-order valence-electron chi connectivity index (χ0n) is 21.4. The van der Waals surface area contributed by atoms with Gasteiger partial charge >= 0.3 is 0 Å². The van der Waals surface area contributed by atoms with Crippen molar-refractivity contribution in [2.24, 2.45) is 11.8 Å². The zero-order chi connectivity index (χ0) is 24.5. The number of nitrogens with zero attached hydrogens (tertiary/aromatic N) is 3. The van der Waals surface area contributed by atoms with Crippen LogP contribution >= 0.6 is 0 Å². The van der Waals surface area contributed by atoms with Crippen molar-refractivity contribution in [1.29, 1.82) is 0 Å². The summed E-state index contributed by atoms with van der Waals surface area (Å²) in [4.78, 5) is 32.2. The van der Waals surface area contributed by atoms with Crippen molar-refractivity contribution in [3.8, 4) is 0 Å². The number of unbranched alkanes of at least 4 members (excludes halogenated alkanes) is 2. The second-order valence-electron chi connectivity index (χ2n) is 10.3. The molecule has 1 unspecified atom stereocenters. The average molecular weight is 471 g/mol. The highest BCUT2D eigenvalue weighted by Crippen LogP contribution is 2.19. The lowest BCUT2D eigenvalue weighted by Crippen LogP contribution is -2.39. The summed E-state index contributed by atoms with van der Waals surface area (Å²) in [6, 6.07) is 8.06. The van der Waals surface area contributed by atoms with Crippen LogP contribution < -0.4 is 5.32 Å². The Bertz CT molecular complexity index is 921. The largest absolute Gasteiger partial charge is 0.368 e. The van der Waals surface area contributed by atoms with Crippen LogP contribution in [-0.4, -0.2) is 58.6 Å². The van der Waals surface area contributed by atoms with Crippen LogP contribution in [0.15, 0.2) is 24.3 Å². The summed E-state index contributed by atoms with van der Waals surface area (Å²) < 4.78 is 7.53. The monoisotopic (exact) mass is 470 g/mol. The highest BCUT2D eigenvalue weighted by atomic mass is 16.5. The van der Waals surface area contributed by atoms with Crippen molar-refractivity contribution in [2.45, 2.75) is 78.9 Å². The van der Waals surface area contributed by atoms with Gasteiger partial charge in [-0.3, -0.25) is 9.59 Å². The normalized spacial score (nSPS) is 16.0. The fourth-order valence-electron chi connectivity index (χ4n) is 4.58. The molecule has 0 aliphatic carbocycles. The molecule has 1 aromatic heterocycles. The fraction of sp³-hybridized carbons (Fsp3) is 0.667. The van der Waals surface area contributed by atoms with E-state index >= 15 is 0 Å². The lowest BCUT2D eigenvalue weighted by atomic mass is 10.1. The van der Waals surface area contributed by atoms with Crippen molar-refractivity contribution < 1.29 is 14.3 Å². The van der Waals surface area contributed by atoms with E-state index < -0.39 is 0 Å². The number of rotatable bonds is 13. The predicted octanol–water partition coefficient (Wildman–Crippen LogP) is 4.18. The van der Waals surface area contributed by atoms with E-state index in [-0.39, 0.29) is 17.9 Å². The molecule has 1 atom stereocenters. The SMILES string of the molecule is CC(C)CN(CC(C)C)C(=O)Cn1c(CCCCCNC(=O)C2CCCO2)nc2ccccc21. The maximum absolute atomic E-state index is 13.3. The van der Waals surface area contributed by atoms with Gasteiger partial charge in [0.15, 0.2) is 0 Å². The van der Waals surface area contributed by atoms with Gasteiger partial charge in [0.25, 0.3) is 0 Å². The number of hydrogen-bond donors (Lipinski definition) is 1. The fourth-order valence-corrected chi connectivity index (χ4v) is 4.58. The van der Waals surface area contributed by atoms with Crippen molar-refractivity contribution in [2.75, 3.05) is 26.2 Å². The van der Waals surface area contributed by atoms with E-state index in [1.807, 2.05) is 23.1 Å². The number of ether oxygens (including phenoxy) is 1. The van der Waals surface area contributed by atoms with Crippen LogP contribution in [0.25, 0.3) is 11.0 Å². The third kappa shape index (κ3) is 7.55. The molecule has 1 N–H and O–H groups in total. The smallest absolute Gasteiger partial charge is 0.249 e. The Morgan fingerprint density at radius 2 is 1.85 bits per heavy atom. The van der Waals surface area contributed by atoms with Gasteiger partial charge in [0.05, 0.1) is 11.0 Å². The molecule has 1 saturated heterocycles. The quantitative estimate of drug-likeness (QED) is 0.446. The number of benzene rings is 1. The lowest BCUT2D eigenvalue weighted by Gasteiger charge is -2.27. The molecule has 0 saturated carbocycles. The zero-order valence-corrected chi connectivity index (χ0v) is 21.4. The molecule has 188 valence electrons. The third-order valence-corrected chi connectivity index (χ3v) is 6.15. The minimum atomic E-state index is -0.261. The van der Waals surface area contributed by atoms with Crippen LogP contribution in [0, 0.1) is 11.8 Å². The van der Waals surface area contributed by atoms with Crippen molar-refractivity contribution >= 4 is 22.8 Å². The highest BCUT2D eigenvalue weighted by Gasteiger charge is 2.23. The average Bonchev–Trinajstić information content (AvgIpc) is 3.44. The number of carbonyl (C=O) groups is 2. The van der Waals surface area contributed by atoms with Crippen LogP contribution in [0.5, 0.6) is 0 Å². The Hall–Kier alpha value is -2.41. The molecule has 0 spiro atoms. The van der Waals surface area contributed by atoms with E-state index in [1.54, 1.807) is 0 Å². The van der Waals surface area contributed by atoms with Gasteiger partial charge in [0.2, 0.25) is 11.8 Å². The number of para-hydroxylation sites is 2. The van der Waals surface area contributed by atoms with Crippen LogP contribution in [0.3, 0.4) is 0 Å². The van der Waals surface area contributed by atoms with Crippen LogP contribution in [0.1, 0.15) is 65.6 Å². The summed E-state index contributed by atoms with van der Waals surface area (Å²) in [7, 11) is 0. The predicted molar refractivity (Wildman–Crippen MR) is 136 cm³/mol. The van der Waals surface area contributed by atoms with Crippen LogP contribution in [0.4, 0.5) is 0 Å². The number of aromatic nitrogens is 2. The van der Waals surface area contributed by atoms with Gasteiger partial charge in [-0.25, -0.2) is 4.98 Å². The number of amides is 2. The Kier molecular flexibility index (Phi) is 9.93. The van der Waals surface area contributed by atoms with E-state index in [0.29, 0.717) is 31.5 Å². The maximum atomic E-state index is 13.3. The Balaban J connectivity index is 1.57. The lowest BCUT2D eigenvalue weighted by molar-refractivity contribution is -0.133. The summed E-state index contributed by atoms with van der Waals surface area (Å²) in [6.07, 6.45) is 5.24. The second kappa shape index (κ2) is 12.9. The molecule has 3 rings (SSSR count). The molecule has 1 aliphatic rings. The molecule has 1 aromatic carbocycles. The Labute approximate surface area is 204 Å². The second-order valence-corrected chi connectivity index (χ2v) is 10.3. The van der Waals surface area contributed by atoms with E-state index in [2.05, 4.69) is 43.6 Å². The molecule has 2 amide bonds. The van der Waals surface area contributed by atoms with Crippen molar-refractivity contribution in [3.63, 3.8) is 0 Å². The van der Waals surface area contributed by atoms with E-state index in [9.17, 15) is 9.59 Å². The Morgan fingerprint density at radius 3 is 2.53 bits per heavy atom. The van der Waals surface area contributed by atoms with Gasteiger partial charge in [-0.1, -0.05) is 46.2 Å². The summed E-state index contributed by atoms with van der Waals surface area (Å²) in [6.45, 7) is 11.9. The summed E-state index contributed by atoms with van der Waals surface area (Å²) in [5.74, 6) is 2.01. The minimum Gasteiger partial charge on any atom is -0.368 e. The first-order valence-electron chi connectivity index (χ1n) is 13.0. The highest BCUT2D eigenvalue weighted by molar-refractivity contribution is 5.81. The minimum absolute atomic E-state index is 0.0187. The first-order valence-corrected chi connectivity index (χ1v) is 13.0. The number of fused-ring (bicyclic) bond motifs is 1. The van der Waals surface area contributed by atoms with Gasteiger partial charge in [-0.2, -0.15) is 0 Å². The summed E-state index contributed by atoms with van der Waals surface area (Å²) >= 11 is 0. The molecule has 7 heteroatoms.